The van der Waals surface area contributed by atoms with Crippen molar-refractivity contribution in [2.75, 3.05) is 5.32 Å². The van der Waals surface area contributed by atoms with E-state index in [1.54, 1.807) is 0 Å². The first-order chi connectivity index (χ1) is 8.08. The summed E-state index contributed by atoms with van der Waals surface area (Å²) in [4.78, 5) is 0.420. The SMILES string of the molecule is CCCC(CC)Nc1ccc(C(N)=S)c(Br)c1. The van der Waals surface area contributed by atoms with Crippen LogP contribution in [0.25, 0.3) is 0 Å². The summed E-state index contributed by atoms with van der Waals surface area (Å²) in [5.74, 6) is 0. The van der Waals surface area contributed by atoms with E-state index in [-0.39, 0.29) is 0 Å². The van der Waals surface area contributed by atoms with E-state index in [9.17, 15) is 0 Å². The lowest BCUT2D eigenvalue weighted by Gasteiger charge is -2.18. The smallest absolute Gasteiger partial charge is 0.105 e. The first-order valence-electron chi connectivity index (χ1n) is 5.94. The number of thiocarbonyl (C=S) groups is 1. The Kier molecular flexibility index (Phi) is 5.92. The van der Waals surface area contributed by atoms with Gasteiger partial charge in [0, 0.05) is 21.8 Å². The van der Waals surface area contributed by atoms with Gasteiger partial charge in [0.15, 0.2) is 0 Å². The molecule has 0 spiro atoms. The lowest BCUT2D eigenvalue weighted by Crippen LogP contribution is -2.18. The zero-order valence-corrected chi connectivity index (χ0v) is 12.7. The van der Waals surface area contributed by atoms with Crippen LogP contribution < -0.4 is 11.1 Å². The molecule has 1 unspecified atom stereocenters. The van der Waals surface area contributed by atoms with Crippen molar-refractivity contribution >= 4 is 38.8 Å². The molecule has 94 valence electrons. The van der Waals surface area contributed by atoms with E-state index in [0.717, 1.165) is 22.1 Å². The first kappa shape index (κ1) is 14.5. The van der Waals surface area contributed by atoms with E-state index in [1.165, 1.54) is 12.8 Å². The van der Waals surface area contributed by atoms with Gasteiger partial charge in [0.2, 0.25) is 0 Å². The Bertz CT molecular complexity index is 393. The summed E-state index contributed by atoms with van der Waals surface area (Å²) in [7, 11) is 0. The van der Waals surface area contributed by atoms with E-state index >= 15 is 0 Å². The normalized spacial score (nSPS) is 12.2. The molecule has 0 heterocycles. The molecule has 2 nitrogen and oxygen atoms in total. The number of hydrogen-bond donors (Lipinski definition) is 2. The second kappa shape index (κ2) is 6.97. The molecule has 0 radical (unpaired) electrons. The zero-order valence-electron chi connectivity index (χ0n) is 10.3. The van der Waals surface area contributed by atoms with Crippen molar-refractivity contribution in [3.8, 4) is 0 Å². The van der Waals surface area contributed by atoms with Crippen molar-refractivity contribution in [3.63, 3.8) is 0 Å². The van der Waals surface area contributed by atoms with Crippen molar-refractivity contribution in [2.24, 2.45) is 5.73 Å². The number of nitrogens with one attached hydrogen (secondary N) is 1. The molecule has 1 aromatic rings. The maximum Gasteiger partial charge on any atom is 0.105 e. The molecule has 0 bridgehead atoms. The third-order valence-corrected chi connectivity index (χ3v) is 3.61. The molecule has 0 saturated heterocycles. The van der Waals surface area contributed by atoms with Gasteiger partial charge in [-0.25, -0.2) is 0 Å². The molecule has 3 N–H and O–H groups in total. The van der Waals surface area contributed by atoms with Gasteiger partial charge in [-0.3, -0.25) is 0 Å². The van der Waals surface area contributed by atoms with Crippen LogP contribution in [-0.2, 0) is 0 Å². The maximum atomic E-state index is 5.62. The third kappa shape index (κ3) is 4.28. The number of rotatable bonds is 6. The molecule has 0 amide bonds. The van der Waals surface area contributed by atoms with E-state index in [1.807, 2.05) is 18.2 Å². The molecule has 17 heavy (non-hydrogen) atoms. The number of nitrogens with two attached hydrogens (primary N) is 1. The zero-order chi connectivity index (χ0) is 12.8. The molecule has 4 heteroatoms. The fourth-order valence-corrected chi connectivity index (χ4v) is 2.67. The van der Waals surface area contributed by atoms with Crippen LogP contribution >= 0.6 is 28.1 Å². The van der Waals surface area contributed by atoms with Gasteiger partial charge in [0.25, 0.3) is 0 Å². The van der Waals surface area contributed by atoms with Gasteiger partial charge in [0.1, 0.15) is 4.99 Å². The van der Waals surface area contributed by atoms with Gasteiger partial charge in [-0.15, -0.1) is 0 Å². The topological polar surface area (TPSA) is 38.0 Å². The minimum atomic E-state index is 0.420. The van der Waals surface area contributed by atoms with Gasteiger partial charge in [-0.1, -0.05) is 32.5 Å². The maximum absolute atomic E-state index is 5.62. The summed E-state index contributed by atoms with van der Waals surface area (Å²) in [5, 5.41) is 3.52. The second-order valence-corrected chi connectivity index (χ2v) is 5.39. The number of halogens is 1. The molecule has 0 aliphatic carbocycles. The third-order valence-electron chi connectivity index (χ3n) is 2.74. The molecule has 1 atom stereocenters. The van der Waals surface area contributed by atoms with Crippen LogP contribution in [-0.4, -0.2) is 11.0 Å². The first-order valence-corrected chi connectivity index (χ1v) is 7.14. The molecule has 0 saturated carbocycles. The van der Waals surface area contributed by atoms with Crippen molar-refractivity contribution in [3.05, 3.63) is 28.2 Å². The molecule has 0 aliphatic heterocycles. The Morgan fingerprint density at radius 3 is 2.65 bits per heavy atom. The van der Waals surface area contributed by atoms with Crippen LogP contribution in [0.4, 0.5) is 5.69 Å². The van der Waals surface area contributed by atoms with Gasteiger partial charge in [-0.05, 0) is 47.0 Å². The van der Waals surface area contributed by atoms with Crippen LogP contribution in [0.1, 0.15) is 38.7 Å². The summed E-state index contributed by atoms with van der Waals surface area (Å²) in [6.45, 7) is 4.40. The van der Waals surface area contributed by atoms with Gasteiger partial charge < -0.3 is 11.1 Å². The Labute approximate surface area is 117 Å². The highest BCUT2D eigenvalue weighted by Gasteiger charge is 2.07. The Hall–Kier alpha value is -0.610. The fourth-order valence-electron chi connectivity index (χ4n) is 1.77. The highest BCUT2D eigenvalue weighted by atomic mass is 79.9. The molecular formula is C13H19BrN2S. The van der Waals surface area contributed by atoms with E-state index in [4.69, 9.17) is 18.0 Å². The number of anilines is 1. The van der Waals surface area contributed by atoms with Crippen LogP contribution in [0.5, 0.6) is 0 Å². The average molecular weight is 315 g/mol. The van der Waals surface area contributed by atoms with E-state index in [0.29, 0.717) is 11.0 Å². The Morgan fingerprint density at radius 2 is 2.18 bits per heavy atom. The van der Waals surface area contributed by atoms with Crippen molar-refractivity contribution in [1.29, 1.82) is 0 Å². The molecule has 0 fully saturated rings. The van der Waals surface area contributed by atoms with E-state index < -0.39 is 0 Å². The van der Waals surface area contributed by atoms with Crippen molar-refractivity contribution in [1.82, 2.24) is 0 Å². The van der Waals surface area contributed by atoms with Gasteiger partial charge in [-0.2, -0.15) is 0 Å². The summed E-state index contributed by atoms with van der Waals surface area (Å²) in [5.41, 5.74) is 7.61. The molecule has 1 aromatic carbocycles. The second-order valence-electron chi connectivity index (χ2n) is 4.10. The molecule has 0 aromatic heterocycles. The predicted molar refractivity (Wildman–Crippen MR) is 82.6 cm³/mol. The quantitative estimate of drug-likeness (QED) is 0.777. The van der Waals surface area contributed by atoms with Crippen molar-refractivity contribution < 1.29 is 0 Å². The highest BCUT2D eigenvalue weighted by Crippen LogP contribution is 2.23. The predicted octanol–water partition coefficient (Wildman–Crippen LogP) is 4.07. The Balaban J connectivity index is 2.79. The highest BCUT2D eigenvalue weighted by molar-refractivity contribution is 9.10. The summed E-state index contributed by atoms with van der Waals surface area (Å²) in [6.07, 6.45) is 3.51. The van der Waals surface area contributed by atoms with Gasteiger partial charge >= 0.3 is 0 Å². The monoisotopic (exact) mass is 314 g/mol. The van der Waals surface area contributed by atoms with Crippen LogP contribution in [0.15, 0.2) is 22.7 Å². The van der Waals surface area contributed by atoms with E-state index in [2.05, 4.69) is 35.1 Å². The number of benzene rings is 1. The summed E-state index contributed by atoms with van der Waals surface area (Å²) < 4.78 is 0.946. The van der Waals surface area contributed by atoms with Crippen molar-refractivity contribution in [2.45, 2.75) is 39.2 Å². The lowest BCUT2D eigenvalue weighted by molar-refractivity contribution is 0.623. The number of hydrogen-bond acceptors (Lipinski definition) is 2. The minimum Gasteiger partial charge on any atom is -0.389 e. The van der Waals surface area contributed by atoms with Crippen LogP contribution in [0, 0.1) is 0 Å². The average Bonchev–Trinajstić information content (AvgIpc) is 2.28. The molecule has 1 rings (SSSR count). The lowest BCUT2D eigenvalue weighted by atomic mass is 10.1. The summed E-state index contributed by atoms with van der Waals surface area (Å²) in [6, 6.07) is 6.54. The largest absolute Gasteiger partial charge is 0.389 e. The standard InChI is InChI=1S/C13H19BrN2S/c1-3-5-9(4-2)16-10-6-7-11(13(15)17)12(14)8-10/h6-9,16H,3-5H2,1-2H3,(H2,15,17). The summed E-state index contributed by atoms with van der Waals surface area (Å²) >= 11 is 8.46. The molecular weight excluding hydrogens is 296 g/mol. The fraction of sp³-hybridized carbons (Fsp3) is 0.462. The van der Waals surface area contributed by atoms with Crippen LogP contribution in [0.2, 0.25) is 0 Å². The van der Waals surface area contributed by atoms with Gasteiger partial charge in [0.05, 0.1) is 0 Å². The molecule has 0 aliphatic rings. The Morgan fingerprint density at radius 1 is 1.47 bits per heavy atom. The minimum absolute atomic E-state index is 0.420. The van der Waals surface area contributed by atoms with Crippen LogP contribution in [0.3, 0.4) is 0 Å².